The molecule has 0 amide bonds. The molecule has 1 aliphatic heterocycles. The largest absolute Gasteiger partial charge is 0.478 e. The average molecular weight is 220 g/mol. The molecule has 2 rings (SSSR count). The highest BCUT2D eigenvalue weighted by Crippen LogP contribution is 2.29. The van der Waals surface area contributed by atoms with Gasteiger partial charge in [-0.1, -0.05) is 6.92 Å². The number of carboxylic acid groups (broad SMARTS) is 1. The number of hydrogen-bond donors (Lipinski definition) is 2. The highest BCUT2D eigenvalue weighted by Gasteiger charge is 2.17. The summed E-state index contributed by atoms with van der Waals surface area (Å²) in [6.45, 7) is 4.03. The van der Waals surface area contributed by atoms with Gasteiger partial charge in [0.15, 0.2) is 0 Å². The van der Waals surface area contributed by atoms with Gasteiger partial charge in [-0.15, -0.1) is 0 Å². The van der Waals surface area contributed by atoms with Crippen molar-refractivity contribution < 1.29 is 9.90 Å². The summed E-state index contributed by atoms with van der Waals surface area (Å²) < 4.78 is 0. The number of nitrogens with one attached hydrogen (secondary N) is 1. The minimum atomic E-state index is -0.881. The molecule has 0 fully saturated rings. The topological polar surface area (TPSA) is 52.6 Å². The molecule has 4 heteroatoms. The van der Waals surface area contributed by atoms with E-state index < -0.39 is 5.97 Å². The fraction of sp³-hybridized carbons (Fsp3) is 0.417. The van der Waals surface area contributed by atoms with Crippen LogP contribution in [0.15, 0.2) is 18.2 Å². The number of carboxylic acids is 1. The van der Waals surface area contributed by atoms with Crippen molar-refractivity contribution >= 4 is 17.3 Å². The maximum absolute atomic E-state index is 10.9. The molecule has 0 aliphatic carbocycles. The standard InChI is InChI=1S/C12H16N2O2/c1-8-6-13-10-4-3-9(12(15)16)5-11(10)14(2)7-8/h3-5,8,13H,6-7H2,1-2H3,(H,15,16). The Morgan fingerprint density at radius 1 is 1.56 bits per heavy atom. The number of hydrogen-bond acceptors (Lipinski definition) is 3. The molecule has 0 saturated heterocycles. The second-order valence-electron chi connectivity index (χ2n) is 4.40. The van der Waals surface area contributed by atoms with Gasteiger partial charge in [-0.2, -0.15) is 0 Å². The lowest BCUT2D eigenvalue weighted by atomic mass is 10.1. The molecule has 0 saturated carbocycles. The number of rotatable bonds is 1. The van der Waals surface area contributed by atoms with Crippen LogP contribution < -0.4 is 10.2 Å². The summed E-state index contributed by atoms with van der Waals surface area (Å²) in [7, 11) is 1.99. The summed E-state index contributed by atoms with van der Waals surface area (Å²) in [4.78, 5) is 13.0. The van der Waals surface area contributed by atoms with Gasteiger partial charge in [-0.3, -0.25) is 0 Å². The van der Waals surface area contributed by atoms with E-state index in [0.717, 1.165) is 24.5 Å². The molecule has 1 heterocycles. The molecule has 1 aliphatic rings. The van der Waals surface area contributed by atoms with Crippen LogP contribution in [0.5, 0.6) is 0 Å². The number of carbonyl (C=O) groups is 1. The Labute approximate surface area is 94.9 Å². The van der Waals surface area contributed by atoms with Gasteiger partial charge in [0.2, 0.25) is 0 Å². The van der Waals surface area contributed by atoms with Crippen LogP contribution in [-0.2, 0) is 0 Å². The molecule has 0 spiro atoms. The maximum Gasteiger partial charge on any atom is 0.335 e. The molecule has 1 atom stereocenters. The number of fused-ring (bicyclic) bond motifs is 1. The summed E-state index contributed by atoms with van der Waals surface area (Å²) >= 11 is 0. The van der Waals surface area contributed by atoms with E-state index in [1.807, 2.05) is 13.1 Å². The maximum atomic E-state index is 10.9. The number of aromatic carboxylic acids is 1. The highest BCUT2D eigenvalue weighted by molar-refractivity contribution is 5.91. The van der Waals surface area contributed by atoms with Crippen LogP contribution in [0.3, 0.4) is 0 Å². The molecule has 4 nitrogen and oxygen atoms in total. The molecule has 1 unspecified atom stereocenters. The van der Waals surface area contributed by atoms with Gasteiger partial charge in [0.25, 0.3) is 0 Å². The van der Waals surface area contributed by atoms with Crippen molar-refractivity contribution in [3.63, 3.8) is 0 Å². The SMILES string of the molecule is CC1CNc2ccc(C(=O)O)cc2N(C)C1. The van der Waals surface area contributed by atoms with Crippen molar-refractivity contribution in [1.29, 1.82) is 0 Å². The van der Waals surface area contributed by atoms with Crippen LogP contribution in [0.4, 0.5) is 11.4 Å². The van der Waals surface area contributed by atoms with E-state index in [2.05, 4.69) is 17.1 Å². The lowest BCUT2D eigenvalue weighted by Gasteiger charge is -2.20. The summed E-state index contributed by atoms with van der Waals surface area (Å²) in [5.41, 5.74) is 2.31. The Morgan fingerprint density at radius 3 is 3.00 bits per heavy atom. The predicted molar refractivity (Wildman–Crippen MR) is 64.3 cm³/mol. The second-order valence-corrected chi connectivity index (χ2v) is 4.40. The predicted octanol–water partition coefficient (Wildman–Crippen LogP) is 1.88. The zero-order valence-corrected chi connectivity index (χ0v) is 9.53. The van der Waals surface area contributed by atoms with Crippen LogP contribution >= 0.6 is 0 Å². The van der Waals surface area contributed by atoms with Crippen LogP contribution in [0, 0.1) is 5.92 Å². The lowest BCUT2D eigenvalue weighted by Crippen LogP contribution is -2.24. The average Bonchev–Trinajstić information content (AvgIpc) is 2.38. The van der Waals surface area contributed by atoms with Crippen LogP contribution in [-0.4, -0.2) is 31.2 Å². The lowest BCUT2D eigenvalue weighted by molar-refractivity contribution is 0.0697. The van der Waals surface area contributed by atoms with Gasteiger partial charge in [0, 0.05) is 20.1 Å². The molecule has 0 bridgehead atoms. The quantitative estimate of drug-likeness (QED) is 0.758. The monoisotopic (exact) mass is 220 g/mol. The van der Waals surface area contributed by atoms with Gasteiger partial charge in [-0.25, -0.2) is 4.79 Å². The Kier molecular flexibility index (Phi) is 2.73. The third-order valence-electron chi connectivity index (χ3n) is 2.88. The van der Waals surface area contributed by atoms with Gasteiger partial charge in [-0.05, 0) is 24.1 Å². The zero-order chi connectivity index (χ0) is 11.7. The molecular weight excluding hydrogens is 204 g/mol. The normalized spacial score (nSPS) is 19.6. The minimum absolute atomic E-state index is 0.335. The van der Waals surface area contributed by atoms with E-state index in [1.54, 1.807) is 12.1 Å². The van der Waals surface area contributed by atoms with Crippen molar-refractivity contribution in [1.82, 2.24) is 0 Å². The Bertz CT molecular complexity index is 417. The Balaban J connectivity index is 2.41. The van der Waals surface area contributed by atoms with Crippen molar-refractivity contribution in [2.45, 2.75) is 6.92 Å². The Morgan fingerprint density at radius 2 is 2.31 bits per heavy atom. The third-order valence-corrected chi connectivity index (χ3v) is 2.88. The van der Waals surface area contributed by atoms with Gasteiger partial charge >= 0.3 is 5.97 Å². The first-order valence-electron chi connectivity index (χ1n) is 5.40. The zero-order valence-electron chi connectivity index (χ0n) is 9.53. The van der Waals surface area contributed by atoms with E-state index in [-0.39, 0.29) is 0 Å². The van der Waals surface area contributed by atoms with E-state index in [9.17, 15) is 4.79 Å². The van der Waals surface area contributed by atoms with Gasteiger partial charge in [0.1, 0.15) is 0 Å². The molecule has 0 radical (unpaired) electrons. The van der Waals surface area contributed by atoms with Crippen molar-refractivity contribution in [3.05, 3.63) is 23.8 Å². The first-order chi connectivity index (χ1) is 7.58. The first-order valence-corrected chi connectivity index (χ1v) is 5.40. The van der Waals surface area contributed by atoms with E-state index >= 15 is 0 Å². The summed E-state index contributed by atoms with van der Waals surface area (Å²) in [5.74, 6) is -0.334. The molecule has 1 aromatic carbocycles. The fourth-order valence-electron chi connectivity index (χ4n) is 2.04. The highest BCUT2D eigenvalue weighted by atomic mass is 16.4. The number of anilines is 2. The molecule has 86 valence electrons. The van der Waals surface area contributed by atoms with Gasteiger partial charge in [0.05, 0.1) is 16.9 Å². The smallest absolute Gasteiger partial charge is 0.335 e. The molecule has 16 heavy (non-hydrogen) atoms. The molecule has 2 N–H and O–H groups in total. The minimum Gasteiger partial charge on any atom is -0.478 e. The molecular formula is C12H16N2O2. The Hall–Kier alpha value is -1.71. The van der Waals surface area contributed by atoms with E-state index in [4.69, 9.17) is 5.11 Å². The van der Waals surface area contributed by atoms with Crippen LogP contribution in [0.1, 0.15) is 17.3 Å². The number of benzene rings is 1. The van der Waals surface area contributed by atoms with Crippen LogP contribution in [0.25, 0.3) is 0 Å². The van der Waals surface area contributed by atoms with Crippen molar-refractivity contribution in [3.8, 4) is 0 Å². The summed E-state index contributed by atoms with van der Waals surface area (Å²) in [6, 6.07) is 5.20. The fourth-order valence-corrected chi connectivity index (χ4v) is 2.04. The second kappa shape index (κ2) is 4.04. The van der Waals surface area contributed by atoms with E-state index in [1.165, 1.54) is 0 Å². The van der Waals surface area contributed by atoms with Crippen molar-refractivity contribution in [2.24, 2.45) is 5.92 Å². The first kappa shape index (κ1) is 10.8. The molecule has 0 aromatic heterocycles. The third kappa shape index (κ3) is 1.96. The summed E-state index contributed by atoms with van der Waals surface area (Å²) in [5, 5.41) is 12.3. The van der Waals surface area contributed by atoms with Crippen LogP contribution in [0.2, 0.25) is 0 Å². The summed E-state index contributed by atoms with van der Waals surface area (Å²) in [6.07, 6.45) is 0. The molecule has 1 aromatic rings. The van der Waals surface area contributed by atoms with E-state index in [0.29, 0.717) is 11.5 Å². The number of nitrogens with zero attached hydrogens (tertiary/aromatic N) is 1. The van der Waals surface area contributed by atoms with Gasteiger partial charge < -0.3 is 15.3 Å². The van der Waals surface area contributed by atoms with Crippen molar-refractivity contribution in [2.75, 3.05) is 30.4 Å².